The number of halogens is 1. The average Bonchev–Trinajstić information content (AvgIpc) is 3.30. The van der Waals surface area contributed by atoms with Crippen LogP contribution in [0.1, 0.15) is 43.2 Å². The Bertz CT molecular complexity index is 1170. The zero-order valence-corrected chi connectivity index (χ0v) is 18.5. The molecule has 0 aliphatic heterocycles. The van der Waals surface area contributed by atoms with Gasteiger partial charge in [0.2, 0.25) is 11.7 Å². The number of tetrazole rings is 1. The third kappa shape index (κ3) is 4.35. The van der Waals surface area contributed by atoms with E-state index in [9.17, 15) is 14.4 Å². The second-order valence-corrected chi connectivity index (χ2v) is 9.90. The van der Waals surface area contributed by atoms with E-state index in [1.807, 2.05) is 0 Å². The second-order valence-electron chi connectivity index (χ2n) is 8.80. The molecule has 1 aliphatic rings. The maximum Gasteiger partial charge on any atom is 0.248 e. The summed E-state index contributed by atoms with van der Waals surface area (Å²) in [5, 5.41) is 24.9. The molecule has 0 bridgehead atoms. The molecule has 0 spiro atoms. The molecule has 3 aromatic rings. The zero-order valence-electron chi connectivity index (χ0n) is 17.6. The fourth-order valence-corrected chi connectivity index (χ4v) is 5.18. The Morgan fingerprint density at radius 2 is 2.16 bits per heavy atom. The van der Waals surface area contributed by atoms with E-state index in [-0.39, 0.29) is 29.3 Å². The molecule has 1 aliphatic carbocycles. The van der Waals surface area contributed by atoms with Crippen LogP contribution in [0.5, 0.6) is 0 Å². The van der Waals surface area contributed by atoms with Gasteiger partial charge in [-0.15, -0.1) is 21.5 Å². The lowest BCUT2D eigenvalue weighted by Gasteiger charge is -2.33. The number of thiophene rings is 1. The first kappa shape index (κ1) is 21.1. The van der Waals surface area contributed by atoms with Crippen LogP contribution in [0.3, 0.4) is 0 Å². The van der Waals surface area contributed by atoms with Gasteiger partial charge in [0.1, 0.15) is 23.4 Å². The van der Waals surface area contributed by atoms with Crippen LogP contribution in [0.4, 0.5) is 9.39 Å². The highest BCUT2D eigenvalue weighted by molar-refractivity contribution is 7.16. The van der Waals surface area contributed by atoms with Crippen LogP contribution in [-0.2, 0) is 24.2 Å². The van der Waals surface area contributed by atoms with E-state index in [2.05, 4.69) is 47.6 Å². The first-order chi connectivity index (χ1) is 14.8. The molecule has 0 saturated heterocycles. The molecule has 1 aromatic carbocycles. The van der Waals surface area contributed by atoms with Crippen molar-refractivity contribution >= 4 is 22.2 Å². The van der Waals surface area contributed by atoms with E-state index >= 15 is 0 Å². The van der Waals surface area contributed by atoms with Crippen molar-refractivity contribution < 1.29 is 9.18 Å². The van der Waals surface area contributed by atoms with Gasteiger partial charge in [-0.1, -0.05) is 32.9 Å². The molecule has 2 heterocycles. The number of carbonyl (C=O) groups excluding carboxylic acids is 1. The second kappa shape index (κ2) is 8.19. The third-order valence-electron chi connectivity index (χ3n) is 5.71. The molecule has 160 valence electrons. The zero-order chi connectivity index (χ0) is 22.2. The van der Waals surface area contributed by atoms with Crippen molar-refractivity contribution in [3.8, 4) is 17.5 Å². The van der Waals surface area contributed by atoms with Crippen LogP contribution in [0.15, 0.2) is 24.3 Å². The number of benzene rings is 1. The molecule has 0 fully saturated rings. The summed E-state index contributed by atoms with van der Waals surface area (Å²) in [6, 6.07) is 8.38. The lowest BCUT2D eigenvalue weighted by Crippen LogP contribution is -2.26. The van der Waals surface area contributed by atoms with Crippen LogP contribution in [0, 0.1) is 28.5 Å². The van der Waals surface area contributed by atoms with Crippen molar-refractivity contribution in [2.45, 2.75) is 46.6 Å². The Kier molecular flexibility index (Phi) is 5.58. The summed E-state index contributed by atoms with van der Waals surface area (Å²) in [5.74, 6) is -0.156. The van der Waals surface area contributed by atoms with E-state index in [4.69, 9.17) is 0 Å². The average molecular weight is 439 g/mol. The highest BCUT2D eigenvalue weighted by atomic mass is 32.1. The number of hydrogen-bond acceptors (Lipinski definition) is 6. The summed E-state index contributed by atoms with van der Waals surface area (Å²) in [4.78, 5) is 14.9. The SMILES string of the molecule is CC(C)(C)[C@H]1CCc2c(sc(NC(=O)Cn3nnc(-c4ccccc4F)n3)c2C#N)C1. The van der Waals surface area contributed by atoms with Gasteiger partial charge in [-0.05, 0) is 53.5 Å². The Morgan fingerprint density at radius 1 is 1.39 bits per heavy atom. The van der Waals surface area contributed by atoms with Crippen molar-refractivity contribution in [2.24, 2.45) is 11.3 Å². The van der Waals surface area contributed by atoms with Gasteiger partial charge in [-0.3, -0.25) is 4.79 Å². The normalized spacial score (nSPS) is 15.9. The number of hydrogen-bond donors (Lipinski definition) is 1. The van der Waals surface area contributed by atoms with Crippen molar-refractivity contribution in [1.29, 1.82) is 5.26 Å². The predicted molar refractivity (Wildman–Crippen MR) is 116 cm³/mol. The first-order valence-corrected chi connectivity index (χ1v) is 10.9. The van der Waals surface area contributed by atoms with Gasteiger partial charge in [0.25, 0.3) is 0 Å². The fraction of sp³-hybridized carbons (Fsp3) is 0.409. The third-order valence-corrected chi connectivity index (χ3v) is 6.88. The van der Waals surface area contributed by atoms with E-state index in [1.165, 1.54) is 22.3 Å². The number of fused-ring (bicyclic) bond motifs is 1. The topological polar surface area (TPSA) is 96.5 Å². The number of nitriles is 1. The van der Waals surface area contributed by atoms with Gasteiger partial charge in [0.05, 0.1) is 11.1 Å². The smallest absolute Gasteiger partial charge is 0.248 e. The van der Waals surface area contributed by atoms with Crippen LogP contribution < -0.4 is 5.32 Å². The van der Waals surface area contributed by atoms with Crippen LogP contribution in [0.25, 0.3) is 11.4 Å². The molecule has 0 radical (unpaired) electrons. The maximum absolute atomic E-state index is 13.9. The number of nitrogens with zero attached hydrogens (tertiary/aromatic N) is 5. The van der Waals surface area contributed by atoms with Crippen LogP contribution >= 0.6 is 11.3 Å². The summed E-state index contributed by atoms with van der Waals surface area (Å²) < 4.78 is 13.9. The van der Waals surface area contributed by atoms with Crippen molar-refractivity contribution in [2.75, 3.05) is 5.32 Å². The van der Waals surface area contributed by atoms with Gasteiger partial charge in [0.15, 0.2) is 0 Å². The van der Waals surface area contributed by atoms with Gasteiger partial charge in [0, 0.05) is 4.88 Å². The molecular weight excluding hydrogens is 415 g/mol. The minimum Gasteiger partial charge on any atom is -0.315 e. The summed E-state index contributed by atoms with van der Waals surface area (Å²) in [6.45, 7) is 6.54. The van der Waals surface area contributed by atoms with Crippen LogP contribution in [-0.4, -0.2) is 26.1 Å². The van der Waals surface area contributed by atoms with Crippen molar-refractivity contribution in [3.63, 3.8) is 0 Å². The molecule has 0 saturated carbocycles. The van der Waals surface area contributed by atoms with Crippen LogP contribution in [0.2, 0.25) is 0 Å². The minimum absolute atomic E-state index is 0.114. The molecule has 31 heavy (non-hydrogen) atoms. The molecule has 9 heteroatoms. The Labute approximate surface area is 183 Å². The molecule has 1 N–H and O–H groups in total. The number of aromatic nitrogens is 4. The van der Waals surface area contributed by atoms with Gasteiger partial charge < -0.3 is 5.32 Å². The molecule has 1 atom stereocenters. The highest BCUT2D eigenvalue weighted by Gasteiger charge is 2.32. The highest BCUT2D eigenvalue weighted by Crippen LogP contribution is 2.43. The Morgan fingerprint density at radius 3 is 2.87 bits per heavy atom. The minimum atomic E-state index is -0.456. The summed E-state index contributed by atoms with van der Waals surface area (Å²) in [5.41, 5.74) is 2.04. The summed E-state index contributed by atoms with van der Waals surface area (Å²) >= 11 is 1.48. The largest absolute Gasteiger partial charge is 0.315 e. The molecule has 4 rings (SSSR count). The van der Waals surface area contributed by atoms with Crippen molar-refractivity contribution in [3.05, 3.63) is 46.1 Å². The first-order valence-electron chi connectivity index (χ1n) is 10.1. The molecule has 7 nitrogen and oxygen atoms in total. The maximum atomic E-state index is 13.9. The van der Waals surface area contributed by atoms with E-state index in [0.29, 0.717) is 16.5 Å². The monoisotopic (exact) mass is 438 g/mol. The number of anilines is 1. The molecule has 1 amide bonds. The molecular formula is C22H23FN6OS. The number of nitrogens with one attached hydrogen (secondary N) is 1. The Hall–Kier alpha value is -3.12. The summed E-state index contributed by atoms with van der Waals surface area (Å²) in [7, 11) is 0. The number of rotatable bonds is 4. The van der Waals surface area contributed by atoms with Gasteiger partial charge >= 0.3 is 0 Å². The van der Waals surface area contributed by atoms with E-state index < -0.39 is 5.82 Å². The van der Waals surface area contributed by atoms with E-state index in [1.54, 1.807) is 18.2 Å². The van der Waals surface area contributed by atoms with Crippen molar-refractivity contribution in [1.82, 2.24) is 20.2 Å². The number of amides is 1. The molecule has 0 unspecified atom stereocenters. The van der Waals surface area contributed by atoms with E-state index in [0.717, 1.165) is 29.6 Å². The predicted octanol–water partition coefficient (Wildman–Crippen LogP) is 4.20. The van der Waals surface area contributed by atoms with Gasteiger partial charge in [-0.25, -0.2) is 4.39 Å². The standard InChI is InChI=1S/C22H23FN6OS/c1-22(2,3)13-8-9-14-16(11-24)21(31-18(14)10-13)25-19(30)12-29-27-20(26-28-29)15-6-4-5-7-17(15)23/h4-7,13H,8-10,12H2,1-3H3,(H,25,30)/t13-/m0/s1. The lowest BCUT2D eigenvalue weighted by atomic mass is 9.72. The number of carbonyl (C=O) groups is 1. The fourth-order valence-electron chi connectivity index (χ4n) is 3.89. The quantitative estimate of drug-likeness (QED) is 0.658. The lowest BCUT2D eigenvalue weighted by molar-refractivity contribution is -0.117. The van der Waals surface area contributed by atoms with Gasteiger partial charge in [-0.2, -0.15) is 10.1 Å². The molecule has 2 aromatic heterocycles. The summed E-state index contributed by atoms with van der Waals surface area (Å²) in [6.07, 6.45) is 2.81. The Balaban J connectivity index is 1.48.